The number of hydrogen-bond acceptors (Lipinski definition) is 5. The van der Waals surface area contributed by atoms with Gasteiger partial charge in [-0.3, -0.25) is 9.89 Å². The van der Waals surface area contributed by atoms with Crippen LogP contribution in [0.4, 0.5) is 0 Å². The highest BCUT2D eigenvalue weighted by Crippen LogP contribution is 2.40. The Bertz CT molecular complexity index is 671. The van der Waals surface area contributed by atoms with Crippen LogP contribution in [-0.2, 0) is 16.0 Å². The lowest BCUT2D eigenvalue weighted by Gasteiger charge is -2.30. The number of nitrogens with one attached hydrogen (secondary N) is 2. The van der Waals surface area contributed by atoms with Gasteiger partial charge in [-0.1, -0.05) is 31.0 Å². The number of guanidine groups is 1. The summed E-state index contributed by atoms with van der Waals surface area (Å²) in [5.41, 5.74) is 1.47. The minimum absolute atomic E-state index is 0.328. The molecule has 2 aliphatic rings. The van der Waals surface area contributed by atoms with Crippen LogP contribution in [0.1, 0.15) is 37.7 Å². The Labute approximate surface area is 187 Å². The number of ether oxygens (including phenoxy) is 3. The molecule has 174 valence electrons. The zero-order chi connectivity index (χ0) is 21.8. The van der Waals surface area contributed by atoms with Crippen molar-refractivity contribution < 1.29 is 14.2 Å². The van der Waals surface area contributed by atoms with E-state index in [1.165, 1.54) is 25.7 Å². The Balaban J connectivity index is 1.46. The Morgan fingerprint density at radius 1 is 1.13 bits per heavy atom. The average molecular weight is 433 g/mol. The molecule has 2 N–H and O–H groups in total. The van der Waals surface area contributed by atoms with Gasteiger partial charge >= 0.3 is 0 Å². The SMILES string of the molecule is CN=C(NCc1ccccc1OCCN1CCOCC1)NCC1(CCOC)CCCC1. The summed E-state index contributed by atoms with van der Waals surface area (Å²) in [6.45, 7) is 7.67. The molecule has 0 spiro atoms. The largest absolute Gasteiger partial charge is 0.492 e. The molecule has 0 amide bonds. The Kier molecular flexibility index (Phi) is 9.90. The summed E-state index contributed by atoms with van der Waals surface area (Å²) < 4.78 is 16.9. The van der Waals surface area contributed by atoms with Crippen LogP contribution >= 0.6 is 0 Å². The van der Waals surface area contributed by atoms with E-state index in [9.17, 15) is 0 Å². The summed E-state index contributed by atoms with van der Waals surface area (Å²) >= 11 is 0. The first-order valence-electron chi connectivity index (χ1n) is 11.7. The second-order valence-electron chi connectivity index (χ2n) is 8.64. The first-order chi connectivity index (χ1) is 15.2. The molecular formula is C24H40N4O3. The van der Waals surface area contributed by atoms with Gasteiger partial charge in [0, 0.05) is 59.1 Å². The molecule has 1 aliphatic heterocycles. The lowest BCUT2D eigenvalue weighted by atomic mass is 9.83. The first-order valence-corrected chi connectivity index (χ1v) is 11.7. The maximum atomic E-state index is 6.11. The smallest absolute Gasteiger partial charge is 0.191 e. The van der Waals surface area contributed by atoms with Crippen molar-refractivity contribution in [3.05, 3.63) is 29.8 Å². The first kappa shape index (κ1) is 23.8. The second-order valence-corrected chi connectivity index (χ2v) is 8.64. The lowest BCUT2D eigenvalue weighted by Crippen LogP contribution is -2.43. The molecule has 0 radical (unpaired) electrons. The molecule has 31 heavy (non-hydrogen) atoms. The molecule has 2 fully saturated rings. The summed E-state index contributed by atoms with van der Waals surface area (Å²) in [5.74, 6) is 1.78. The van der Waals surface area contributed by atoms with Gasteiger partial charge < -0.3 is 24.8 Å². The molecule has 0 bridgehead atoms. The fourth-order valence-electron chi connectivity index (χ4n) is 4.53. The maximum Gasteiger partial charge on any atom is 0.191 e. The van der Waals surface area contributed by atoms with E-state index in [4.69, 9.17) is 14.2 Å². The molecule has 0 aromatic heterocycles. The molecule has 1 aliphatic carbocycles. The van der Waals surface area contributed by atoms with Gasteiger partial charge in [0.2, 0.25) is 0 Å². The number of benzene rings is 1. The predicted molar refractivity (Wildman–Crippen MR) is 125 cm³/mol. The zero-order valence-electron chi connectivity index (χ0n) is 19.3. The van der Waals surface area contributed by atoms with Gasteiger partial charge in [-0.25, -0.2) is 0 Å². The molecule has 0 unspecified atom stereocenters. The summed E-state index contributed by atoms with van der Waals surface area (Å²) in [4.78, 5) is 6.82. The third-order valence-electron chi connectivity index (χ3n) is 6.54. The minimum atomic E-state index is 0.328. The van der Waals surface area contributed by atoms with E-state index in [-0.39, 0.29) is 0 Å². The van der Waals surface area contributed by atoms with Crippen LogP contribution in [0.3, 0.4) is 0 Å². The highest BCUT2D eigenvalue weighted by Gasteiger charge is 2.33. The van der Waals surface area contributed by atoms with Crippen molar-refractivity contribution in [2.24, 2.45) is 10.4 Å². The van der Waals surface area contributed by atoms with Crippen LogP contribution in [0.25, 0.3) is 0 Å². The normalized spacial score (nSPS) is 19.4. The molecule has 7 heteroatoms. The fourth-order valence-corrected chi connectivity index (χ4v) is 4.53. The number of aliphatic imine (C=N–C) groups is 1. The van der Waals surface area contributed by atoms with E-state index in [0.717, 1.165) is 69.7 Å². The summed E-state index contributed by atoms with van der Waals surface area (Å²) in [6.07, 6.45) is 6.26. The molecule has 1 aromatic carbocycles. The monoisotopic (exact) mass is 432 g/mol. The number of rotatable bonds is 11. The van der Waals surface area contributed by atoms with Gasteiger partial charge in [-0.15, -0.1) is 0 Å². The van der Waals surface area contributed by atoms with Crippen molar-refractivity contribution in [2.45, 2.75) is 38.6 Å². The van der Waals surface area contributed by atoms with Crippen molar-refractivity contribution in [1.29, 1.82) is 0 Å². The molecule has 1 heterocycles. The summed E-state index contributed by atoms with van der Waals surface area (Å²) in [7, 11) is 3.62. The molecule has 7 nitrogen and oxygen atoms in total. The van der Waals surface area contributed by atoms with Crippen molar-refractivity contribution in [3.63, 3.8) is 0 Å². The van der Waals surface area contributed by atoms with E-state index in [2.05, 4.69) is 32.7 Å². The summed E-state index contributed by atoms with van der Waals surface area (Å²) in [6, 6.07) is 8.24. The third-order valence-corrected chi connectivity index (χ3v) is 6.54. The van der Waals surface area contributed by atoms with E-state index in [1.54, 1.807) is 7.11 Å². The highest BCUT2D eigenvalue weighted by molar-refractivity contribution is 5.79. The maximum absolute atomic E-state index is 6.11. The van der Waals surface area contributed by atoms with Gasteiger partial charge in [-0.05, 0) is 30.7 Å². The average Bonchev–Trinajstić information content (AvgIpc) is 3.28. The topological polar surface area (TPSA) is 67.4 Å². The number of nitrogens with zero attached hydrogens (tertiary/aromatic N) is 2. The van der Waals surface area contributed by atoms with Gasteiger partial charge in [0.15, 0.2) is 5.96 Å². The van der Waals surface area contributed by atoms with Crippen LogP contribution in [0.2, 0.25) is 0 Å². The van der Waals surface area contributed by atoms with Crippen LogP contribution in [-0.4, -0.2) is 77.6 Å². The van der Waals surface area contributed by atoms with Crippen molar-refractivity contribution in [1.82, 2.24) is 15.5 Å². The molecule has 1 saturated carbocycles. The Morgan fingerprint density at radius 2 is 1.90 bits per heavy atom. The van der Waals surface area contributed by atoms with E-state index >= 15 is 0 Å². The van der Waals surface area contributed by atoms with Gasteiger partial charge in [0.1, 0.15) is 12.4 Å². The van der Waals surface area contributed by atoms with Gasteiger partial charge in [-0.2, -0.15) is 0 Å². The van der Waals surface area contributed by atoms with E-state index < -0.39 is 0 Å². The Hall–Kier alpha value is -1.83. The lowest BCUT2D eigenvalue weighted by molar-refractivity contribution is 0.0322. The van der Waals surface area contributed by atoms with E-state index in [0.29, 0.717) is 18.6 Å². The molecule has 0 atom stereocenters. The van der Waals surface area contributed by atoms with Crippen molar-refractivity contribution >= 4 is 5.96 Å². The second kappa shape index (κ2) is 12.9. The van der Waals surface area contributed by atoms with Crippen LogP contribution in [0.15, 0.2) is 29.3 Å². The standard InChI is InChI=1S/C24H40N4O3/c1-25-23(27-20-24(11-15-29-2)9-5-6-10-24)26-19-21-7-3-4-8-22(21)31-18-14-28-12-16-30-17-13-28/h3-4,7-8H,5-6,9-20H2,1-2H3,(H2,25,26,27). The number of hydrogen-bond donors (Lipinski definition) is 2. The van der Waals surface area contributed by atoms with Crippen LogP contribution in [0.5, 0.6) is 5.75 Å². The van der Waals surface area contributed by atoms with Crippen molar-refractivity contribution in [3.8, 4) is 5.75 Å². The van der Waals surface area contributed by atoms with E-state index in [1.807, 2.05) is 19.2 Å². The Morgan fingerprint density at radius 3 is 2.65 bits per heavy atom. The number of methoxy groups -OCH3 is 1. The van der Waals surface area contributed by atoms with Gasteiger partial charge in [0.05, 0.1) is 13.2 Å². The molecular weight excluding hydrogens is 392 g/mol. The quantitative estimate of drug-likeness (QED) is 0.414. The van der Waals surface area contributed by atoms with Crippen LogP contribution in [0, 0.1) is 5.41 Å². The minimum Gasteiger partial charge on any atom is -0.492 e. The number of para-hydroxylation sites is 1. The molecule has 3 rings (SSSR count). The zero-order valence-corrected chi connectivity index (χ0v) is 19.3. The predicted octanol–water partition coefficient (Wildman–Crippen LogP) is 2.66. The summed E-state index contributed by atoms with van der Waals surface area (Å²) in [5, 5.41) is 7.02. The van der Waals surface area contributed by atoms with Crippen LogP contribution < -0.4 is 15.4 Å². The third kappa shape index (κ3) is 7.66. The molecule has 1 saturated heterocycles. The number of morpholine rings is 1. The highest BCUT2D eigenvalue weighted by atomic mass is 16.5. The van der Waals surface area contributed by atoms with Crippen molar-refractivity contribution in [2.75, 3.05) is 66.8 Å². The molecule has 1 aromatic rings. The fraction of sp³-hybridized carbons (Fsp3) is 0.708. The van der Waals surface area contributed by atoms with Gasteiger partial charge in [0.25, 0.3) is 0 Å².